The van der Waals surface area contributed by atoms with Crippen molar-refractivity contribution in [3.8, 4) is 11.5 Å². The van der Waals surface area contributed by atoms with Gasteiger partial charge in [0.05, 0.1) is 11.1 Å². The van der Waals surface area contributed by atoms with E-state index in [1.54, 1.807) is 6.07 Å². The first kappa shape index (κ1) is 12.6. The number of carboxylic acid groups (broad SMARTS) is 1. The van der Waals surface area contributed by atoms with Crippen LogP contribution in [0.2, 0.25) is 5.02 Å². The Bertz CT molecular complexity index is 828. The number of carbonyl (C=O) groups is 1. The Balaban J connectivity index is 2.26. The van der Waals surface area contributed by atoms with Gasteiger partial charge in [-0.15, -0.1) is 0 Å². The van der Waals surface area contributed by atoms with Crippen molar-refractivity contribution in [2.75, 3.05) is 0 Å². The molecule has 0 unspecified atom stereocenters. The summed E-state index contributed by atoms with van der Waals surface area (Å²) in [6, 6.07) is 8.50. The van der Waals surface area contributed by atoms with Crippen LogP contribution in [0.4, 0.5) is 4.39 Å². The second kappa shape index (κ2) is 4.61. The summed E-state index contributed by atoms with van der Waals surface area (Å²) in [5, 5.41) is 9.42. The van der Waals surface area contributed by atoms with Crippen LogP contribution in [0.15, 0.2) is 40.8 Å². The molecule has 2 aromatic carbocycles. The fraction of sp³-hybridized carbons (Fsp3) is 0. The van der Waals surface area contributed by atoms with Gasteiger partial charge in [0.15, 0.2) is 5.58 Å². The summed E-state index contributed by atoms with van der Waals surface area (Å²) in [5.41, 5.74) is 0.540. The number of nitrogens with zero attached hydrogens (tertiary/aromatic N) is 1. The number of fused-ring (bicyclic) bond motifs is 1. The maximum atomic E-state index is 13.8. The van der Waals surface area contributed by atoms with Crippen LogP contribution in [0.3, 0.4) is 0 Å². The maximum Gasteiger partial charge on any atom is 0.338 e. The number of hydrogen-bond donors (Lipinski definition) is 1. The average Bonchev–Trinajstić information content (AvgIpc) is 2.84. The zero-order valence-electron chi connectivity index (χ0n) is 9.93. The summed E-state index contributed by atoms with van der Waals surface area (Å²) in [6.07, 6.45) is 0. The molecule has 0 aliphatic heterocycles. The first-order valence-electron chi connectivity index (χ1n) is 5.64. The second-order valence-electron chi connectivity index (χ2n) is 4.10. The van der Waals surface area contributed by atoms with E-state index in [0.29, 0.717) is 5.02 Å². The number of rotatable bonds is 2. The van der Waals surface area contributed by atoms with Gasteiger partial charge in [-0.25, -0.2) is 14.2 Å². The molecule has 4 nitrogen and oxygen atoms in total. The van der Waals surface area contributed by atoms with Gasteiger partial charge in [-0.05, 0) is 30.3 Å². The molecule has 0 aliphatic carbocycles. The smallest absolute Gasteiger partial charge is 0.338 e. The lowest BCUT2D eigenvalue weighted by Crippen LogP contribution is -1.96. The summed E-state index contributed by atoms with van der Waals surface area (Å²) >= 11 is 5.82. The van der Waals surface area contributed by atoms with Crippen molar-refractivity contribution in [2.45, 2.75) is 0 Å². The first-order chi connectivity index (χ1) is 9.56. The third-order valence-corrected chi connectivity index (χ3v) is 3.04. The van der Waals surface area contributed by atoms with Gasteiger partial charge in [0.2, 0.25) is 5.89 Å². The number of benzene rings is 2. The third kappa shape index (κ3) is 2.02. The van der Waals surface area contributed by atoms with Crippen molar-refractivity contribution < 1.29 is 18.7 Å². The van der Waals surface area contributed by atoms with Crippen molar-refractivity contribution in [2.24, 2.45) is 0 Å². The summed E-state index contributed by atoms with van der Waals surface area (Å²) in [7, 11) is 0. The maximum absolute atomic E-state index is 13.8. The van der Waals surface area contributed by atoms with Crippen molar-refractivity contribution in [1.29, 1.82) is 0 Å². The topological polar surface area (TPSA) is 63.3 Å². The van der Waals surface area contributed by atoms with Crippen LogP contribution in [0.5, 0.6) is 0 Å². The summed E-state index contributed by atoms with van der Waals surface area (Å²) < 4.78 is 19.2. The Kier molecular flexibility index (Phi) is 2.91. The molecule has 3 aromatic rings. The minimum Gasteiger partial charge on any atom is -0.478 e. The van der Waals surface area contributed by atoms with Crippen molar-refractivity contribution in [3.05, 3.63) is 52.8 Å². The molecule has 20 heavy (non-hydrogen) atoms. The van der Waals surface area contributed by atoms with Crippen LogP contribution in [-0.2, 0) is 0 Å². The van der Waals surface area contributed by atoms with Gasteiger partial charge in [0.1, 0.15) is 11.3 Å². The molecule has 1 heterocycles. The average molecular weight is 292 g/mol. The Hall–Kier alpha value is -2.40. The fourth-order valence-corrected chi connectivity index (χ4v) is 2.07. The van der Waals surface area contributed by atoms with E-state index in [2.05, 4.69) is 4.98 Å². The Morgan fingerprint density at radius 2 is 2.10 bits per heavy atom. The van der Waals surface area contributed by atoms with E-state index in [1.165, 1.54) is 30.3 Å². The van der Waals surface area contributed by atoms with Gasteiger partial charge in [-0.1, -0.05) is 17.7 Å². The van der Waals surface area contributed by atoms with Gasteiger partial charge in [-0.3, -0.25) is 0 Å². The predicted octanol–water partition coefficient (Wildman–Crippen LogP) is 3.99. The van der Waals surface area contributed by atoms with E-state index in [4.69, 9.17) is 21.1 Å². The molecule has 0 fully saturated rings. The van der Waals surface area contributed by atoms with E-state index in [-0.39, 0.29) is 28.1 Å². The van der Waals surface area contributed by atoms with Crippen LogP contribution in [0, 0.1) is 5.82 Å². The highest BCUT2D eigenvalue weighted by Gasteiger charge is 2.17. The molecular formula is C14H7ClFNO3. The van der Waals surface area contributed by atoms with E-state index in [1.807, 2.05) is 0 Å². The van der Waals surface area contributed by atoms with E-state index in [9.17, 15) is 9.18 Å². The van der Waals surface area contributed by atoms with Gasteiger partial charge in [-0.2, -0.15) is 0 Å². The van der Waals surface area contributed by atoms with Crippen molar-refractivity contribution in [1.82, 2.24) is 4.98 Å². The lowest BCUT2D eigenvalue weighted by Gasteiger charge is -1.98. The Morgan fingerprint density at radius 1 is 1.30 bits per heavy atom. The molecule has 3 rings (SSSR count). The zero-order chi connectivity index (χ0) is 14.3. The molecule has 0 atom stereocenters. The molecule has 6 heteroatoms. The van der Waals surface area contributed by atoms with Gasteiger partial charge in [0, 0.05) is 5.02 Å². The number of hydrogen-bond acceptors (Lipinski definition) is 3. The predicted molar refractivity (Wildman–Crippen MR) is 71.4 cm³/mol. The molecule has 0 spiro atoms. The van der Waals surface area contributed by atoms with Gasteiger partial charge < -0.3 is 9.52 Å². The van der Waals surface area contributed by atoms with Gasteiger partial charge >= 0.3 is 5.97 Å². The number of aromatic nitrogens is 1. The number of para-hydroxylation sites is 1. The number of oxazole rings is 1. The van der Waals surface area contributed by atoms with Gasteiger partial charge in [0.25, 0.3) is 0 Å². The van der Waals surface area contributed by atoms with Crippen molar-refractivity contribution >= 4 is 28.7 Å². The van der Waals surface area contributed by atoms with Crippen LogP contribution >= 0.6 is 11.6 Å². The lowest BCUT2D eigenvalue weighted by atomic mass is 10.2. The molecule has 0 amide bonds. The van der Waals surface area contributed by atoms with Crippen LogP contribution in [-0.4, -0.2) is 16.1 Å². The van der Waals surface area contributed by atoms with Crippen LogP contribution in [0.25, 0.3) is 22.6 Å². The number of aromatic carboxylic acids is 1. The van der Waals surface area contributed by atoms with E-state index >= 15 is 0 Å². The van der Waals surface area contributed by atoms with Crippen LogP contribution < -0.4 is 0 Å². The molecule has 0 radical (unpaired) electrons. The molecule has 100 valence electrons. The molecule has 0 bridgehead atoms. The minimum absolute atomic E-state index is 0.0000591. The molecule has 0 saturated carbocycles. The largest absolute Gasteiger partial charge is 0.478 e. The summed E-state index contributed by atoms with van der Waals surface area (Å²) in [5.74, 6) is -1.67. The third-order valence-electron chi connectivity index (χ3n) is 2.81. The zero-order valence-corrected chi connectivity index (χ0v) is 10.7. The van der Waals surface area contributed by atoms with Crippen LogP contribution in [0.1, 0.15) is 10.4 Å². The SMILES string of the molecule is O=C(O)c1cccc2oc(-c3cc(Cl)ccc3F)nc12. The van der Waals surface area contributed by atoms with E-state index in [0.717, 1.165) is 0 Å². The Morgan fingerprint density at radius 3 is 2.85 bits per heavy atom. The Labute approximate surface area is 117 Å². The standard InChI is InChI=1S/C14H7ClFNO3/c15-7-4-5-10(16)9(6-7)13-17-12-8(14(18)19)2-1-3-11(12)20-13/h1-6H,(H,18,19). The first-order valence-corrected chi connectivity index (χ1v) is 6.02. The summed E-state index contributed by atoms with van der Waals surface area (Å²) in [6.45, 7) is 0. The molecule has 0 aliphatic rings. The molecule has 0 saturated heterocycles. The highest BCUT2D eigenvalue weighted by molar-refractivity contribution is 6.30. The quantitative estimate of drug-likeness (QED) is 0.775. The molecular weight excluding hydrogens is 285 g/mol. The highest BCUT2D eigenvalue weighted by Crippen LogP contribution is 2.29. The fourth-order valence-electron chi connectivity index (χ4n) is 1.90. The molecule has 1 N–H and O–H groups in total. The normalized spacial score (nSPS) is 10.9. The van der Waals surface area contributed by atoms with Crippen molar-refractivity contribution in [3.63, 3.8) is 0 Å². The lowest BCUT2D eigenvalue weighted by molar-refractivity contribution is 0.0699. The monoisotopic (exact) mass is 291 g/mol. The summed E-state index contributed by atoms with van der Waals surface area (Å²) in [4.78, 5) is 15.2. The minimum atomic E-state index is -1.12. The van der Waals surface area contributed by atoms with E-state index < -0.39 is 11.8 Å². The second-order valence-corrected chi connectivity index (χ2v) is 4.54. The number of carboxylic acids is 1. The number of halogens is 2. The molecule has 1 aromatic heterocycles. The highest BCUT2D eigenvalue weighted by atomic mass is 35.5.